The van der Waals surface area contributed by atoms with Crippen LogP contribution in [0.1, 0.15) is 0 Å². The molecule has 0 atom stereocenters. The van der Waals surface area contributed by atoms with E-state index >= 15 is 0 Å². The van der Waals surface area contributed by atoms with E-state index in [4.69, 9.17) is 15.0 Å². The van der Waals surface area contributed by atoms with Crippen LogP contribution in [0.25, 0.3) is 89.0 Å². The molecule has 0 N–H and O–H groups in total. The summed E-state index contributed by atoms with van der Waals surface area (Å²) in [6.07, 6.45) is 2.18. The molecule has 3 aromatic heterocycles. The van der Waals surface area contributed by atoms with Gasteiger partial charge in [-0.15, -0.1) is 0 Å². The highest BCUT2D eigenvalue weighted by Gasteiger charge is 2.19. The number of nitrogens with zero attached hydrogens (tertiary/aromatic N) is 5. The fraction of sp³-hybridized carbons (Fsp3) is 0. The lowest BCUT2D eigenvalue weighted by molar-refractivity contribution is 1.07. The van der Waals surface area contributed by atoms with Crippen LogP contribution in [0, 0.1) is 0 Å². The Kier molecular flexibility index (Phi) is 6.42. The zero-order valence-electron chi connectivity index (χ0n) is 27.0. The first-order valence-corrected chi connectivity index (χ1v) is 16.8. The van der Waals surface area contributed by atoms with E-state index in [-0.39, 0.29) is 0 Å². The van der Waals surface area contributed by atoms with Crippen molar-refractivity contribution in [1.82, 2.24) is 24.1 Å². The summed E-state index contributed by atoms with van der Waals surface area (Å²) in [6, 6.07) is 59.3. The van der Waals surface area contributed by atoms with Gasteiger partial charge < -0.3 is 9.13 Å². The van der Waals surface area contributed by atoms with Gasteiger partial charge in [0.2, 0.25) is 0 Å². The van der Waals surface area contributed by atoms with Crippen molar-refractivity contribution in [1.29, 1.82) is 0 Å². The predicted molar refractivity (Wildman–Crippen MR) is 205 cm³/mol. The van der Waals surface area contributed by atoms with E-state index < -0.39 is 0 Å². The maximum absolute atomic E-state index is 4.95. The van der Waals surface area contributed by atoms with Crippen molar-refractivity contribution in [3.05, 3.63) is 176 Å². The molecule has 0 aliphatic heterocycles. The van der Waals surface area contributed by atoms with E-state index in [0.717, 1.165) is 39.1 Å². The standard InChI is InChI=1S/C45H29N5/c1-4-12-32(13-5-1)43-46-44(33-14-6-2-7-15-33)48-45(47-43)34-22-25-36(26-23-34)50-38-19-11-10-18-37(38)41-39(50)27-24-30-20-21-31-28-29-49(42(31)40(30)41)35-16-8-3-9-17-35/h1-29H. The third-order valence-electron chi connectivity index (χ3n) is 9.58. The largest absolute Gasteiger partial charge is 0.316 e. The van der Waals surface area contributed by atoms with Gasteiger partial charge in [0.15, 0.2) is 17.5 Å². The monoisotopic (exact) mass is 639 g/mol. The Morgan fingerprint density at radius 3 is 1.56 bits per heavy atom. The van der Waals surface area contributed by atoms with Crippen LogP contribution >= 0.6 is 0 Å². The van der Waals surface area contributed by atoms with E-state index in [1.54, 1.807) is 0 Å². The molecular formula is C45H29N5. The van der Waals surface area contributed by atoms with E-state index in [1.165, 1.54) is 32.4 Å². The molecule has 10 rings (SSSR count). The molecule has 10 aromatic rings. The molecular weight excluding hydrogens is 611 g/mol. The Labute approximate surface area is 288 Å². The second kappa shape index (κ2) is 11.4. The Morgan fingerprint density at radius 1 is 0.360 bits per heavy atom. The van der Waals surface area contributed by atoms with Gasteiger partial charge in [-0.05, 0) is 60.0 Å². The number of aromatic nitrogens is 5. The summed E-state index contributed by atoms with van der Waals surface area (Å²) < 4.78 is 4.70. The Balaban J connectivity index is 1.16. The summed E-state index contributed by atoms with van der Waals surface area (Å²) in [6.45, 7) is 0. The molecule has 0 fully saturated rings. The highest BCUT2D eigenvalue weighted by atomic mass is 15.0. The quantitative estimate of drug-likeness (QED) is 0.188. The average molecular weight is 640 g/mol. The van der Waals surface area contributed by atoms with Crippen LogP contribution in [0.3, 0.4) is 0 Å². The number of hydrogen-bond acceptors (Lipinski definition) is 3. The molecule has 0 aliphatic carbocycles. The van der Waals surface area contributed by atoms with Gasteiger partial charge in [0.25, 0.3) is 0 Å². The van der Waals surface area contributed by atoms with Crippen molar-refractivity contribution in [3.8, 4) is 45.5 Å². The van der Waals surface area contributed by atoms with E-state index in [9.17, 15) is 0 Å². The van der Waals surface area contributed by atoms with Crippen LogP contribution < -0.4 is 0 Å². The van der Waals surface area contributed by atoms with Gasteiger partial charge in [0.1, 0.15) is 0 Å². The number of fused-ring (bicyclic) bond motifs is 7. The average Bonchev–Trinajstić information content (AvgIpc) is 3.79. The highest BCUT2D eigenvalue weighted by Crippen LogP contribution is 2.41. The van der Waals surface area contributed by atoms with Gasteiger partial charge in [0, 0.05) is 55.8 Å². The first kappa shape index (κ1) is 28.2. The topological polar surface area (TPSA) is 48.5 Å². The van der Waals surface area contributed by atoms with Crippen LogP contribution in [0.15, 0.2) is 176 Å². The highest BCUT2D eigenvalue weighted by molar-refractivity contribution is 6.27. The van der Waals surface area contributed by atoms with Gasteiger partial charge >= 0.3 is 0 Å². The summed E-state index contributed by atoms with van der Waals surface area (Å²) in [5, 5.41) is 6.17. The molecule has 0 spiro atoms. The maximum atomic E-state index is 4.95. The first-order chi connectivity index (χ1) is 24.8. The van der Waals surface area contributed by atoms with Crippen molar-refractivity contribution in [3.63, 3.8) is 0 Å². The van der Waals surface area contributed by atoms with E-state index in [1.807, 2.05) is 60.7 Å². The second-order valence-corrected chi connectivity index (χ2v) is 12.5. The van der Waals surface area contributed by atoms with Gasteiger partial charge in [0.05, 0.1) is 16.6 Å². The molecule has 3 heterocycles. The van der Waals surface area contributed by atoms with E-state index in [2.05, 4.69) is 125 Å². The summed E-state index contributed by atoms with van der Waals surface area (Å²) in [5.74, 6) is 1.94. The summed E-state index contributed by atoms with van der Waals surface area (Å²) in [4.78, 5) is 14.8. The van der Waals surface area contributed by atoms with Crippen molar-refractivity contribution in [2.75, 3.05) is 0 Å². The van der Waals surface area contributed by atoms with Crippen molar-refractivity contribution < 1.29 is 0 Å². The van der Waals surface area contributed by atoms with Crippen LogP contribution in [0.4, 0.5) is 0 Å². The molecule has 5 nitrogen and oxygen atoms in total. The summed E-state index contributed by atoms with van der Waals surface area (Å²) in [7, 11) is 0. The molecule has 7 aromatic carbocycles. The number of para-hydroxylation sites is 2. The first-order valence-electron chi connectivity index (χ1n) is 16.8. The lowest BCUT2D eigenvalue weighted by atomic mass is 10.0. The number of benzene rings is 7. The smallest absolute Gasteiger partial charge is 0.164 e. The SMILES string of the molecule is c1ccc(-c2nc(-c3ccccc3)nc(-c3ccc(-n4c5ccccc5c5c6c(ccc7ccn(-c8ccccc8)c76)ccc54)cc3)n2)cc1. The minimum atomic E-state index is 0.640. The molecule has 0 amide bonds. The third kappa shape index (κ3) is 4.52. The molecule has 0 aliphatic rings. The molecule has 0 saturated carbocycles. The fourth-order valence-electron chi connectivity index (χ4n) is 7.28. The van der Waals surface area contributed by atoms with Gasteiger partial charge in [-0.1, -0.05) is 115 Å². The third-order valence-corrected chi connectivity index (χ3v) is 9.58. The minimum Gasteiger partial charge on any atom is -0.316 e. The molecule has 50 heavy (non-hydrogen) atoms. The van der Waals surface area contributed by atoms with Crippen LogP contribution in [-0.4, -0.2) is 24.1 Å². The van der Waals surface area contributed by atoms with Gasteiger partial charge in [-0.2, -0.15) is 0 Å². The predicted octanol–water partition coefficient (Wildman–Crippen LogP) is 11.1. The van der Waals surface area contributed by atoms with Crippen LogP contribution in [-0.2, 0) is 0 Å². The Hall–Kier alpha value is -6.85. The molecule has 0 unspecified atom stereocenters. The zero-order valence-corrected chi connectivity index (χ0v) is 27.0. The Morgan fingerprint density at radius 2 is 0.900 bits per heavy atom. The lowest BCUT2D eigenvalue weighted by Crippen LogP contribution is -2.00. The van der Waals surface area contributed by atoms with Crippen LogP contribution in [0.2, 0.25) is 0 Å². The molecule has 0 radical (unpaired) electrons. The van der Waals surface area contributed by atoms with Crippen molar-refractivity contribution >= 4 is 43.5 Å². The van der Waals surface area contributed by atoms with Gasteiger partial charge in [-0.3, -0.25) is 0 Å². The fourth-order valence-corrected chi connectivity index (χ4v) is 7.28. The van der Waals surface area contributed by atoms with Crippen molar-refractivity contribution in [2.45, 2.75) is 0 Å². The van der Waals surface area contributed by atoms with Crippen LogP contribution in [0.5, 0.6) is 0 Å². The van der Waals surface area contributed by atoms with Gasteiger partial charge in [-0.25, -0.2) is 15.0 Å². The number of hydrogen-bond donors (Lipinski definition) is 0. The molecule has 5 heteroatoms. The maximum Gasteiger partial charge on any atom is 0.164 e. The van der Waals surface area contributed by atoms with Crippen molar-refractivity contribution in [2.24, 2.45) is 0 Å². The molecule has 234 valence electrons. The lowest BCUT2D eigenvalue weighted by Gasteiger charge is -2.12. The number of rotatable bonds is 5. The second-order valence-electron chi connectivity index (χ2n) is 12.5. The normalized spacial score (nSPS) is 11.6. The minimum absolute atomic E-state index is 0.640. The molecule has 0 saturated heterocycles. The molecule has 0 bridgehead atoms. The summed E-state index contributed by atoms with van der Waals surface area (Å²) in [5.41, 5.74) is 8.61. The summed E-state index contributed by atoms with van der Waals surface area (Å²) >= 11 is 0. The Bertz CT molecular complexity index is 2780. The van der Waals surface area contributed by atoms with E-state index in [0.29, 0.717) is 17.5 Å². The zero-order chi connectivity index (χ0) is 33.0.